The highest BCUT2D eigenvalue weighted by Gasteiger charge is 2.23. The lowest BCUT2D eigenvalue weighted by molar-refractivity contribution is 0.102. The van der Waals surface area contributed by atoms with Gasteiger partial charge in [-0.1, -0.05) is 108 Å². The van der Waals surface area contributed by atoms with E-state index in [4.69, 9.17) is 0 Å². The van der Waals surface area contributed by atoms with E-state index in [2.05, 4.69) is 53.7 Å². The SMILES string of the molecule is CC(C)c1cc(C(C)C)c(C(=O)c2ccc(C(=O)c3ccccc3)cc2)c(C(C)C)c1. The Morgan fingerprint density at radius 1 is 0.548 bits per heavy atom. The molecule has 3 rings (SSSR count). The molecule has 3 aromatic carbocycles. The van der Waals surface area contributed by atoms with E-state index < -0.39 is 0 Å². The van der Waals surface area contributed by atoms with Crippen LogP contribution in [0.1, 0.15) is 108 Å². The van der Waals surface area contributed by atoms with E-state index in [0.29, 0.717) is 22.6 Å². The second kappa shape index (κ2) is 9.43. The van der Waals surface area contributed by atoms with E-state index in [1.165, 1.54) is 5.56 Å². The first kappa shape index (κ1) is 22.7. The molecule has 2 heteroatoms. The van der Waals surface area contributed by atoms with Crippen molar-refractivity contribution in [3.05, 3.63) is 106 Å². The maximum Gasteiger partial charge on any atom is 0.193 e. The maximum atomic E-state index is 13.6. The monoisotopic (exact) mass is 412 g/mol. The molecule has 0 aliphatic carbocycles. The number of benzene rings is 3. The highest BCUT2D eigenvalue weighted by Crippen LogP contribution is 2.33. The van der Waals surface area contributed by atoms with Gasteiger partial charge in [0, 0.05) is 22.3 Å². The summed E-state index contributed by atoms with van der Waals surface area (Å²) in [6, 6.07) is 20.7. The van der Waals surface area contributed by atoms with Gasteiger partial charge in [0.2, 0.25) is 0 Å². The van der Waals surface area contributed by atoms with Gasteiger partial charge in [0.25, 0.3) is 0 Å². The Hall–Kier alpha value is -3.00. The second-order valence-corrected chi connectivity index (χ2v) is 9.14. The molecule has 0 unspecified atom stereocenters. The van der Waals surface area contributed by atoms with Crippen LogP contribution in [0.3, 0.4) is 0 Å². The lowest BCUT2D eigenvalue weighted by atomic mass is 9.81. The lowest BCUT2D eigenvalue weighted by Crippen LogP contribution is -2.13. The van der Waals surface area contributed by atoms with Crippen LogP contribution in [0.2, 0.25) is 0 Å². The largest absolute Gasteiger partial charge is 0.289 e. The molecule has 0 aliphatic heterocycles. The summed E-state index contributed by atoms with van der Waals surface area (Å²) in [7, 11) is 0. The quantitative estimate of drug-likeness (QED) is 0.376. The molecule has 0 heterocycles. The molecule has 0 saturated carbocycles. The Labute approximate surface area is 186 Å². The zero-order chi connectivity index (χ0) is 22.7. The van der Waals surface area contributed by atoms with Crippen LogP contribution in [-0.4, -0.2) is 11.6 Å². The molecular formula is C29H32O2. The first-order valence-electron chi connectivity index (χ1n) is 11.1. The van der Waals surface area contributed by atoms with E-state index in [1.54, 1.807) is 24.3 Å². The molecule has 0 amide bonds. The zero-order valence-electron chi connectivity index (χ0n) is 19.4. The third-order valence-corrected chi connectivity index (χ3v) is 5.80. The molecule has 0 spiro atoms. The predicted molar refractivity (Wildman–Crippen MR) is 128 cm³/mol. The van der Waals surface area contributed by atoms with Gasteiger partial charge < -0.3 is 0 Å². The number of hydrogen-bond donors (Lipinski definition) is 0. The van der Waals surface area contributed by atoms with Crippen molar-refractivity contribution < 1.29 is 9.59 Å². The van der Waals surface area contributed by atoms with Crippen molar-refractivity contribution in [2.75, 3.05) is 0 Å². The van der Waals surface area contributed by atoms with Crippen LogP contribution in [-0.2, 0) is 0 Å². The fourth-order valence-corrected chi connectivity index (χ4v) is 3.89. The van der Waals surface area contributed by atoms with Gasteiger partial charge in [-0.05, 0) is 34.4 Å². The van der Waals surface area contributed by atoms with E-state index in [1.807, 2.05) is 30.3 Å². The smallest absolute Gasteiger partial charge is 0.193 e. The maximum absolute atomic E-state index is 13.6. The van der Waals surface area contributed by atoms with Crippen LogP contribution in [0, 0.1) is 0 Å². The summed E-state index contributed by atoms with van der Waals surface area (Å²) >= 11 is 0. The number of hydrogen-bond acceptors (Lipinski definition) is 2. The minimum Gasteiger partial charge on any atom is -0.289 e. The summed E-state index contributed by atoms with van der Waals surface area (Å²) in [5, 5.41) is 0. The van der Waals surface area contributed by atoms with Crippen molar-refractivity contribution in [3.63, 3.8) is 0 Å². The minimum atomic E-state index is -0.0355. The molecule has 0 aromatic heterocycles. The van der Waals surface area contributed by atoms with Crippen LogP contribution in [0.25, 0.3) is 0 Å². The Morgan fingerprint density at radius 2 is 0.968 bits per heavy atom. The molecule has 0 N–H and O–H groups in total. The summed E-state index contributed by atoms with van der Waals surface area (Å²) in [6.45, 7) is 12.9. The highest BCUT2D eigenvalue weighted by molar-refractivity contribution is 6.13. The topological polar surface area (TPSA) is 34.1 Å². The van der Waals surface area contributed by atoms with Crippen molar-refractivity contribution in [1.29, 1.82) is 0 Å². The number of ketones is 2. The molecule has 31 heavy (non-hydrogen) atoms. The third kappa shape index (κ3) is 4.85. The number of carbonyl (C=O) groups is 2. The molecule has 0 atom stereocenters. The van der Waals surface area contributed by atoms with E-state index in [-0.39, 0.29) is 23.4 Å². The fourth-order valence-electron chi connectivity index (χ4n) is 3.89. The van der Waals surface area contributed by atoms with E-state index in [0.717, 1.165) is 16.7 Å². The predicted octanol–water partition coefficient (Wildman–Crippen LogP) is 7.52. The van der Waals surface area contributed by atoms with Crippen molar-refractivity contribution in [2.24, 2.45) is 0 Å². The summed E-state index contributed by atoms with van der Waals surface area (Å²) in [4.78, 5) is 26.3. The van der Waals surface area contributed by atoms with E-state index >= 15 is 0 Å². The van der Waals surface area contributed by atoms with Gasteiger partial charge in [0.05, 0.1) is 0 Å². The zero-order valence-corrected chi connectivity index (χ0v) is 19.4. The molecule has 0 aliphatic rings. The van der Waals surface area contributed by atoms with Gasteiger partial charge in [-0.25, -0.2) is 0 Å². The van der Waals surface area contributed by atoms with Gasteiger partial charge in [-0.2, -0.15) is 0 Å². The molecule has 0 radical (unpaired) electrons. The Morgan fingerprint density at radius 3 is 1.39 bits per heavy atom. The molecule has 2 nitrogen and oxygen atoms in total. The van der Waals surface area contributed by atoms with Crippen LogP contribution in [0.5, 0.6) is 0 Å². The van der Waals surface area contributed by atoms with Crippen LogP contribution < -0.4 is 0 Å². The van der Waals surface area contributed by atoms with Gasteiger partial charge >= 0.3 is 0 Å². The lowest BCUT2D eigenvalue weighted by Gasteiger charge is -2.22. The summed E-state index contributed by atoms with van der Waals surface area (Å²) in [6.07, 6.45) is 0. The number of rotatable bonds is 7. The Balaban J connectivity index is 2.03. The van der Waals surface area contributed by atoms with Gasteiger partial charge in [0.15, 0.2) is 11.6 Å². The van der Waals surface area contributed by atoms with Gasteiger partial charge in [0.1, 0.15) is 0 Å². The Bertz CT molecular complexity index is 1040. The van der Waals surface area contributed by atoms with Crippen molar-refractivity contribution in [3.8, 4) is 0 Å². The molecule has 0 bridgehead atoms. The van der Waals surface area contributed by atoms with Gasteiger partial charge in [-0.3, -0.25) is 9.59 Å². The molecule has 3 aromatic rings. The van der Waals surface area contributed by atoms with Crippen molar-refractivity contribution in [1.82, 2.24) is 0 Å². The van der Waals surface area contributed by atoms with Crippen LogP contribution >= 0.6 is 0 Å². The first-order valence-corrected chi connectivity index (χ1v) is 11.1. The Kier molecular flexibility index (Phi) is 6.90. The van der Waals surface area contributed by atoms with Crippen molar-refractivity contribution >= 4 is 11.6 Å². The average Bonchev–Trinajstić information content (AvgIpc) is 2.77. The minimum absolute atomic E-state index is 0.0291. The number of carbonyl (C=O) groups excluding carboxylic acids is 2. The molecular weight excluding hydrogens is 380 g/mol. The third-order valence-electron chi connectivity index (χ3n) is 5.80. The molecule has 0 saturated heterocycles. The van der Waals surface area contributed by atoms with E-state index in [9.17, 15) is 9.59 Å². The molecule has 160 valence electrons. The fraction of sp³-hybridized carbons (Fsp3) is 0.310. The summed E-state index contributed by atoms with van der Waals surface area (Å²) in [5.41, 5.74) is 6.14. The molecule has 0 fully saturated rings. The normalized spacial score (nSPS) is 11.4. The summed E-state index contributed by atoms with van der Waals surface area (Å²) < 4.78 is 0. The highest BCUT2D eigenvalue weighted by atomic mass is 16.1. The second-order valence-electron chi connectivity index (χ2n) is 9.14. The standard InChI is InChI=1S/C29H32O2/c1-18(2)24-16-25(19(3)4)27(26(17-24)20(5)6)29(31)23-14-12-22(13-15-23)28(30)21-10-8-7-9-11-21/h7-20H,1-6H3. The van der Waals surface area contributed by atoms with Crippen molar-refractivity contribution in [2.45, 2.75) is 59.3 Å². The van der Waals surface area contributed by atoms with Gasteiger partial charge in [-0.15, -0.1) is 0 Å². The first-order chi connectivity index (χ1) is 14.7. The summed E-state index contributed by atoms with van der Waals surface area (Å²) in [5.74, 6) is 0.888. The van der Waals surface area contributed by atoms with Crippen LogP contribution in [0.4, 0.5) is 0 Å². The van der Waals surface area contributed by atoms with Crippen LogP contribution in [0.15, 0.2) is 66.7 Å². The average molecular weight is 413 g/mol.